The Kier molecular flexibility index (Phi) is 4.82. The number of para-hydroxylation sites is 1. The van der Waals surface area contributed by atoms with E-state index in [1.165, 1.54) is 10.9 Å². The first-order chi connectivity index (χ1) is 12.3. The van der Waals surface area contributed by atoms with Crippen molar-refractivity contribution < 1.29 is 13.2 Å². The molecule has 1 atom stereocenters. The monoisotopic (exact) mass is 376 g/mol. The number of sulfone groups is 1. The first-order valence-electron chi connectivity index (χ1n) is 8.17. The van der Waals surface area contributed by atoms with Crippen molar-refractivity contribution >= 4 is 22.0 Å². The summed E-state index contributed by atoms with van der Waals surface area (Å²) in [5.74, 6) is -1.11. The molecule has 1 aliphatic heterocycles. The van der Waals surface area contributed by atoms with E-state index in [0.717, 1.165) is 5.69 Å². The second-order valence-corrected chi connectivity index (χ2v) is 8.55. The Hall–Kier alpha value is -2.68. The van der Waals surface area contributed by atoms with E-state index >= 15 is 0 Å². The van der Waals surface area contributed by atoms with E-state index in [9.17, 15) is 18.0 Å². The molecule has 0 spiro atoms. The normalized spacial score (nSPS) is 19.1. The summed E-state index contributed by atoms with van der Waals surface area (Å²) in [6, 6.07) is 9.20. The van der Waals surface area contributed by atoms with E-state index in [1.807, 2.05) is 30.3 Å². The lowest BCUT2D eigenvalue weighted by Crippen LogP contribution is -2.27. The fourth-order valence-electron chi connectivity index (χ4n) is 3.05. The molecule has 0 unspecified atom stereocenters. The molecule has 138 valence electrons. The minimum atomic E-state index is -3.13. The third kappa shape index (κ3) is 3.48. The summed E-state index contributed by atoms with van der Waals surface area (Å²) >= 11 is 0. The fourth-order valence-corrected chi connectivity index (χ4v) is 4.79. The number of hydrazone groups is 1. The molecule has 0 radical (unpaired) electrons. The average Bonchev–Trinajstić information content (AvgIpc) is 3.07. The molecule has 1 fully saturated rings. The van der Waals surface area contributed by atoms with Gasteiger partial charge in [-0.2, -0.15) is 5.10 Å². The van der Waals surface area contributed by atoms with Crippen LogP contribution in [0.4, 0.5) is 0 Å². The van der Waals surface area contributed by atoms with Crippen LogP contribution >= 0.6 is 0 Å². The van der Waals surface area contributed by atoms with Crippen molar-refractivity contribution in [2.24, 2.45) is 18.1 Å². The van der Waals surface area contributed by atoms with E-state index in [-0.39, 0.29) is 17.1 Å². The van der Waals surface area contributed by atoms with Gasteiger partial charge in [0.1, 0.15) is 0 Å². The van der Waals surface area contributed by atoms with Gasteiger partial charge in [-0.25, -0.2) is 18.5 Å². The summed E-state index contributed by atoms with van der Waals surface area (Å²) in [6.07, 6.45) is 1.71. The Balaban J connectivity index is 1.79. The lowest BCUT2D eigenvalue weighted by molar-refractivity contribution is -0.124. The number of nitrogens with one attached hydrogen (secondary N) is 1. The molecule has 26 heavy (non-hydrogen) atoms. The molecule has 3 rings (SSSR count). The van der Waals surface area contributed by atoms with E-state index in [4.69, 9.17) is 0 Å². The lowest BCUT2D eigenvalue weighted by atomic mass is 10.1. The topological polar surface area (TPSA) is 103 Å². The molecular weight excluding hydrogens is 356 g/mol. The van der Waals surface area contributed by atoms with Gasteiger partial charge in [0.05, 0.1) is 35.0 Å². The minimum absolute atomic E-state index is 0.0301. The van der Waals surface area contributed by atoms with Crippen molar-refractivity contribution in [1.82, 2.24) is 14.8 Å². The molecule has 1 amide bonds. The number of hydrogen-bond acceptors (Lipinski definition) is 5. The molecule has 1 aromatic heterocycles. The molecule has 2 heterocycles. The van der Waals surface area contributed by atoms with Gasteiger partial charge in [-0.15, -0.1) is 0 Å². The third-order valence-corrected chi connectivity index (χ3v) is 6.28. The Labute approximate surface area is 151 Å². The summed E-state index contributed by atoms with van der Waals surface area (Å²) in [6.45, 7) is 1.69. The predicted molar refractivity (Wildman–Crippen MR) is 98.2 cm³/mol. The largest absolute Gasteiger partial charge is 0.279 e. The van der Waals surface area contributed by atoms with Crippen LogP contribution in [0.2, 0.25) is 0 Å². The van der Waals surface area contributed by atoms with Crippen LogP contribution in [0.15, 0.2) is 40.2 Å². The number of hydrogen-bond donors (Lipinski definition) is 1. The molecule has 2 aromatic rings. The number of rotatable bonds is 4. The average molecular weight is 376 g/mol. The van der Waals surface area contributed by atoms with Crippen molar-refractivity contribution in [2.75, 3.05) is 11.5 Å². The zero-order valence-electron chi connectivity index (χ0n) is 14.5. The molecule has 1 N–H and O–H groups in total. The van der Waals surface area contributed by atoms with Gasteiger partial charge >= 0.3 is 0 Å². The van der Waals surface area contributed by atoms with Gasteiger partial charge in [-0.05, 0) is 25.5 Å². The van der Waals surface area contributed by atoms with Crippen LogP contribution in [-0.4, -0.2) is 41.4 Å². The Morgan fingerprint density at radius 1 is 1.31 bits per heavy atom. The fraction of sp³-hybridized carbons (Fsp3) is 0.353. The van der Waals surface area contributed by atoms with Crippen LogP contribution in [-0.2, 0) is 21.7 Å². The second-order valence-electron chi connectivity index (χ2n) is 6.32. The van der Waals surface area contributed by atoms with Crippen molar-refractivity contribution in [3.63, 3.8) is 0 Å². The highest BCUT2D eigenvalue weighted by Gasteiger charge is 2.32. The van der Waals surface area contributed by atoms with Crippen LogP contribution in [0, 0.1) is 12.8 Å². The maximum absolute atomic E-state index is 12.5. The number of amides is 1. The third-order valence-electron chi connectivity index (χ3n) is 4.51. The van der Waals surface area contributed by atoms with E-state index in [2.05, 4.69) is 10.5 Å². The molecule has 1 aliphatic rings. The highest BCUT2D eigenvalue weighted by molar-refractivity contribution is 7.91. The summed E-state index contributed by atoms with van der Waals surface area (Å²) < 4.78 is 26.1. The molecular formula is C17H20N4O4S. The standard InChI is InChI=1S/C17H20N4O4S/c1-12-15(10-18-19-16(22)13-8-9-26(24,25)11-13)20(2)21(17(12)23)14-6-4-3-5-7-14/h3-7,10,13H,8-9,11H2,1-2H3,(H,19,22)/b18-10-/t13-/m0/s1. The number of benzene rings is 1. The molecule has 0 saturated carbocycles. The summed E-state index contributed by atoms with van der Waals surface area (Å²) in [7, 11) is -1.40. The first kappa shape index (κ1) is 18.1. The summed E-state index contributed by atoms with van der Waals surface area (Å²) in [4.78, 5) is 24.5. The summed E-state index contributed by atoms with van der Waals surface area (Å²) in [5.41, 5.74) is 3.98. The van der Waals surface area contributed by atoms with Crippen LogP contribution in [0.25, 0.3) is 5.69 Å². The van der Waals surface area contributed by atoms with Crippen LogP contribution in [0.3, 0.4) is 0 Å². The smallest absolute Gasteiger partial charge is 0.274 e. The molecule has 1 aromatic carbocycles. The number of carbonyl (C=O) groups excluding carboxylic acids is 1. The van der Waals surface area contributed by atoms with Gasteiger partial charge in [0, 0.05) is 12.6 Å². The highest BCUT2D eigenvalue weighted by atomic mass is 32.2. The van der Waals surface area contributed by atoms with Crippen molar-refractivity contribution in [3.05, 3.63) is 51.9 Å². The Morgan fingerprint density at radius 2 is 2.00 bits per heavy atom. The van der Waals surface area contributed by atoms with Gasteiger partial charge in [-0.1, -0.05) is 18.2 Å². The zero-order chi connectivity index (χ0) is 18.9. The lowest BCUT2D eigenvalue weighted by Gasteiger charge is -2.08. The van der Waals surface area contributed by atoms with Gasteiger partial charge < -0.3 is 0 Å². The zero-order valence-corrected chi connectivity index (χ0v) is 15.4. The summed E-state index contributed by atoms with van der Waals surface area (Å²) in [5, 5.41) is 3.91. The van der Waals surface area contributed by atoms with Crippen LogP contribution in [0.5, 0.6) is 0 Å². The number of aromatic nitrogens is 2. The van der Waals surface area contributed by atoms with E-state index < -0.39 is 21.7 Å². The van der Waals surface area contributed by atoms with E-state index in [0.29, 0.717) is 17.7 Å². The second kappa shape index (κ2) is 6.91. The SMILES string of the molecule is Cc1c(/C=N\NC(=O)[C@H]2CCS(=O)(=O)C2)n(C)n(-c2ccccc2)c1=O. The van der Waals surface area contributed by atoms with E-state index in [1.54, 1.807) is 18.7 Å². The highest BCUT2D eigenvalue weighted by Crippen LogP contribution is 2.18. The molecule has 8 nitrogen and oxygen atoms in total. The molecule has 9 heteroatoms. The maximum Gasteiger partial charge on any atom is 0.274 e. The van der Waals surface area contributed by atoms with Crippen molar-refractivity contribution in [2.45, 2.75) is 13.3 Å². The predicted octanol–water partition coefficient (Wildman–Crippen LogP) is 0.369. The maximum atomic E-state index is 12.5. The Bertz CT molecular complexity index is 1020. The Morgan fingerprint density at radius 3 is 2.62 bits per heavy atom. The number of nitrogens with zero attached hydrogens (tertiary/aromatic N) is 3. The van der Waals surface area contributed by atoms with Crippen LogP contribution in [0.1, 0.15) is 17.7 Å². The quantitative estimate of drug-likeness (QED) is 0.615. The van der Waals surface area contributed by atoms with Gasteiger partial charge in [0.2, 0.25) is 5.91 Å². The molecule has 1 saturated heterocycles. The first-order valence-corrected chi connectivity index (χ1v) is 9.99. The van der Waals surface area contributed by atoms with Gasteiger partial charge in [0.25, 0.3) is 5.56 Å². The minimum Gasteiger partial charge on any atom is -0.279 e. The van der Waals surface area contributed by atoms with Crippen molar-refractivity contribution in [3.8, 4) is 5.69 Å². The molecule has 0 bridgehead atoms. The molecule has 0 aliphatic carbocycles. The van der Waals surface area contributed by atoms with Gasteiger partial charge in [0.15, 0.2) is 9.84 Å². The van der Waals surface area contributed by atoms with Crippen molar-refractivity contribution in [1.29, 1.82) is 0 Å². The van der Waals surface area contributed by atoms with Gasteiger partial charge in [-0.3, -0.25) is 14.3 Å². The number of carbonyl (C=O) groups is 1. The van der Waals surface area contributed by atoms with Crippen LogP contribution < -0.4 is 11.0 Å².